The molecular weight excluding hydrogens is 281 g/mol. The van der Waals surface area contributed by atoms with Gasteiger partial charge in [0.15, 0.2) is 10.9 Å². The van der Waals surface area contributed by atoms with E-state index in [4.69, 9.17) is 27.9 Å². The van der Waals surface area contributed by atoms with Crippen LogP contribution in [-0.2, 0) is 0 Å². The van der Waals surface area contributed by atoms with Crippen LogP contribution in [0.2, 0.25) is 10.2 Å². The van der Waals surface area contributed by atoms with E-state index in [1.165, 1.54) is 6.20 Å². The summed E-state index contributed by atoms with van der Waals surface area (Å²) in [4.78, 5) is 17.5. The van der Waals surface area contributed by atoms with Crippen molar-refractivity contribution in [1.82, 2.24) is 9.97 Å². The Morgan fingerprint density at radius 1 is 1.33 bits per heavy atom. The third kappa shape index (κ3) is 2.66. The van der Waals surface area contributed by atoms with Crippen molar-refractivity contribution in [3.05, 3.63) is 50.9 Å². The van der Waals surface area contributed by atoms with Gasteiger partial charge in [-0.2, -0.15) is 0 Å². The fourth-order valence-electron chi connectivity index (χ4n) is 1.14. The highest BCUT2D eigenvalue weighted by Gasteiger charge is 2.13. The number of ether oxygens (including phenoxy) is 1. The van der Waals surface area contributed by atoms with Crippen LogP contribution < -0.4 is 4.74 Å². The zero-order valence-electron chi connectivity index (χ0n) is 8.71. The highest BCUT2D eigenvalue weighted by atomic mass is 35.5. The summed E-state index contributed by atoms with van der Waals surface area (Å²) in [6.07, 6.45) is 2.55. The van der Waals surface area contributed by atoms with E-state index < -0.39 is 4.92 Å². The minimum atomic E-state index is -0.598. The molecule has 2 aromatic rings. The lowest BCUT2D eigenvalue weighted by Gasteiger charge is -2.06. The van der Waals surface area contributed by atoms with E-state index in [0.29, 0.717) is 0 Å². The van der Waals surface area contributed by atoms with E-state index in [0.717, 1.165) is 12.3 Å². The number of aromatic nitrogens is 2. The van der Waals surface area contributed by atoms with Gasteiger partial charge >= 0.3 is 0 Å². The van der Waals surface area contributed by atoms with Crippen molar-refractivity contribution < 1.29 is 9.66 Å². The molecule has 8 heteroatoms. The third-order valence-corrected chi connectivity index (χ3v) is 2.49. The first-order chi connectivity index (χ1) is 8.58. The van der Waals surface area contributed by atoms with Crippen LogP contribution in [0.1, 0.15) is 0 Å². The van der Waals surface area contributed by atoms with Crippen molar-refractivity contribution in [3.8, 4) is 11.6 Å². The summed E-state index contributed by atoms with van der Waals surface area (Å²) in [6, 6.07) is 4.35. The number of pyridine rings is 2. The molecule has 0 amide bonds. The molecule has 0 saturated heterocycles. The van der Waals surface area contributed by atoms with Gasteiger partial charge in [-0.3, -0.25) is 10.1 Å². The molecule has 0 N–H and O–H groups in total. The molecule has 0 bridgehead atoms. The van der Waals surface area contributed by atoms with Crippen molar-refractivity contribution >= 4 is 28.9 Å². The quantitative estimate of drug-likeness (QED) is 0.490. The molecule has 0 radical (unpaired) electrons. The molecule has 2 rings (SSSR count). The maximum Gasteiger partial charge on any atom is 0.289 e. The summed E-state index contributed by atoms with van der Waals surface area (Å²) in [5, 5.41) is 10.7. The van der Waals surface area contributed by atoms with Crippen LogP contribution in [0.15, 0.2) is 30.6 Å². The Morgan fingerprint density at radius 2 is 2.11 bits per heavy atom. The highest BCUT2D eigenvalue weighted by Crippen LogP contribution is 2.32. The van der Waals surface area contributed by atoms with E-state index in [1.807, 2.05) is 0 Å². The second kappa shape index (κ2) is 5.16. The van der Waals surface area contributed by atoms with Crippen LogP contribution in [0.4, 0.5) is 5.69 Å². The van der Waals surface area contributed by atoms with Gasteiger partial charge in [0.25, 0.3) is 5.69 Å². The topological polar surface area (TPSA) is 78.2 Å². The standard InChI is InChI=1S/C10H5Cl2N3O3/c11-7-4-6(15(16)17)5-14-10(7)18-8-2-1-3-13-9(8)12/h1-5H. The van der Waals surface area contributed by atoms with Gasteiger partial charge < -0.3 is 4.74 Å². The maximum atomic E-state index is 10.5. The van der Waals surface area contributed by atoms with Crippen LogP contribution in [-0.4, -0.2) is 14.9 Å². The molecule has 0 fully saturated rings. The predicted molar refractivity (Wildman–Crippen MR) is 65.2 cm³/mol. The molecule has 92 valence electrons. The lowest BCUT2D eigenvalue weighted by Crippen LogP contribution is -1.94. The molecule has 0 spiro atoms. The molecule has 18 heavy (non-hydrogen) atoms. The summed E-state index contributed by atoms with van der Waals surface area (Å²) < 4.78 is 5.31. The lowest BCUT2D eigenvalue weighted by molar-refractivity contribution is -0.385. The van der Waals surface area contributed by atoms with Crippen molar-refractivity contribution in [2.24, 2.45) is 0 Å². The summed E-state index contributed by atoms with van der Waals surface area (Å²) in [7, 11) is 0. The zero-order chi connectivity index (χ0) is 13.1. The number of rotatable bonds is 3. The van der Waals surface area contributed by atoms with Crippen LogP contribution in [0.5, 0.6) is 11.6 Å². The van der Waals surface area contributed by atoms with Crippen LogP contribution in [0, 0.1) is 10.1 Å². The molecule has 0 aliphatic rings. The zero-order valence-corrected chi connectivity index (χ0v) is 10.2. The van der Waals surface area contributed by atoms with Gasteiger partial charge in [-0.05, 0) is 12.1 Å². The molecule has 2 heterocycles. The van der Waals surface area contributed by atoms with Gasteiger partial charge in [0.1, 0.15) is 11.2 Å². The fraction of sp³-hybridized carbons (Fsp3) is 0. The SMILES string of the molecule is O=[N+]([O-])c1cnc(Oc2cccnc2Cl)c(Cl)c1. The lowest BCUT2D eigenvalue weighted by atomic mass is 10.4. The molecule has 0 atom stereocenters. The first-order valence-corrected chi connectivity index (χ1v) is 5.42. The van der Waals surface area contributed by atoms with E-state index in [-0.39, 0.29) is 27.5 Å². The minimum absolute atomic E-state index is 0.0177. The Kier molecular flexibility index (Phi) is 3.59. The van der Waals surface area contributed by atoms with Gasteiger partial charge in [0.2, 0.25) is 5.88 Å². The van der Waals surface area contributed by atoms with E-state index in [9.17, 15) is 10.1 Å². The van der Waals surface area contributed by atoms with Crippen molar-refractivity contribution in [3.63, 3.8) is 0 Å². The number of nitrogens with zero attached hydrogens (tertiary/aromatic N) is 3. The van der Waals surface area contributed by atoms with Crippen LogP contribution in [0.3, 0.4) is 0 Å². The fourth-order valence-corrected chi connectivity index (χ4v) is 1.50. The summed E-state index contributed by atoms with van der Waals surface area (Å²) in [5.74, 6) is 0.291. The highest BCUT2D eigenvalue weighted by molar-refractivity contribution is 6.32. The predicted octanol–water partition coefficient (Wildman–Crippen LogP) is 3.48. The molecule has 0 aromatic carbocycles. The van der Waals surface area contributed by atoms with Crippen molar-refractivity contribution in [1.29, 1.82) is 0 Å². The molecule has 0 aliphatic heterocycles. The number of hydrogen-bond acceptors (Lipinski definition) is 5. The van der Waals surface area contributed by atoms with Gasteiger partial charge in [-0.25, -0.2) is 9.97 Å². The average molecular weight is 286 g/mol. The molecule has 0 unspecified atom stereocenters. The Morgan fingerprint density at radius 3 is 2.72 bits per heavy atom. The molecule has 6 nitrogen and oxygen atoms in total. The minimum Gasteiger partial charge on any atom is -0.434 e. The van der Waals surface area contributed by atoms with Crippen LogP contribution >= 0.6 is 23.2 Å². The Labute approximate surface area is 111 Å². The largest absolute Gasteiger partial charge is 0.434 e. The molecule has 0 saturated carbocycles. The molecular formula is C10H5Cl2N3O3. The third-order valence-electron chi connectivity index (χ3n) is 1.94. The Hall–Kier alpha value is -1.92. The van der Waals surface area contributed by atoms with E-state index >= 15 is 0 Å². The summed E-state index contributed by atoms with van der Waals surface area (Å²) in [6.45, 7) is 0. The monoisotopic (exact) mass is 285 g/mol. The van der Waals surface area contributed by atoms with Crippen LogP contribution in [0.25, 0.3) is 0 Å². The average Bonchev–Trinajstić information content (AvgIpc) is 2.34. The summed E-state index contributed by atoms with van der Waals surface area (Å²) >= 11 is 11.6. The number of hydrogen-bond donors (Lipinski definition) is 0. The van der Waals surface area contributed by atoms with Gasteiger partial charge in [0, 0.05) is 12.3 Å². The van der Waals surface area contributed by atoms with E-state index in [1.54, 1.807) is 12.1 Å². The maximum absolute atomic E-state index is 10.5. The normalized spacial score (nSPS) is 10.1. The van der Waals surface area contributed by atoms with Crippen molar-refractivity contribution in [2.75, 3.05) is 0 Å². The number of halogens is 2. The van der Waals surface area contributed by atoms with E-state index in [2.05, 4.69) is 9.97 Å². The first-order valence-electron chi connectivity index (χ1n) is 4.66. The second-order valence-electron chi connectivity index (χ2n) is 3.13. The first kappa shape index (κ1) is 12.5. The number of nitro groups is 1. The Bertz CT molecular complexity index is 607. The Balaban J connectivity index is 2.30. The summed E-state index contributed by atoms with van der Waals surface area (Å²) in [5.41, 5.74) is -0.218. The molecule has 2 aromatic heterocycles. The second-order valence-corrected chi connectivity index (χ2v) is 3.90. The van der Waals surface area contributed by atoms with Crippen molar-refractivity contribution in [2.45, 2.75) is 0 Å². The van der Waals surface area contributed by atoms with Gasteiger partial charge in [0.05, 0.1) is 4.92 Å². The molecule has 0 aliphatic carbocycles. The van der Waals surface area contributed by atoms with Gasteiger partial charge in [-0.1, -0.05) is 23.2 Å². The van der Waals surface area contributed by atoms with Gasteiger partial charge in [-0.15, -0.1) is 0 Å². The smallest absolute Gasteiger partial charge is 0.289 e.